The predicted octanol–water partition coefficient (Wildman–Crippen LogP) is 0.955. The molecule has 0 aliphatic rings. The molecule has 0 bridgehead atoms. The number of aliphatic hydroxyl groups is 1. The molecule has 0 radical (unpaired) electrons. The molecule has 50 valence electrons. The van der Waals surface area contributed by atoms with Crippen molar-refractivity contribution in [3.8, 4) is 0 Å². The maximum atomic E-state index is 8.20. The zero-order valence-electron chi connectivity index (χ0n) is 4.31. The third-order valence-corrected chi connectivity index (χ3v) is 0.870. The molecule has 0 aliphatic carbocycles. The summed E-state index contributed by atoms with van der Waals surface area (Å²) < 4.78 is 4.67. The van der Waals surface area contributed by atoms with Crippen LogP contribution in [0.3, 0.4) is 0 Å². The van der Waals surface area contributed by atoms with Crippen LogP contribution in [-0.2, 0) is 4.74 Å². The van der Waals surface area contributed by atoms with E-state index in [1.165, 1.54) is 0 Å². The Balaban J connectivity index is 2.72. The molecular weight excluding hydrogens is 195 g/mol. The van der Waals surface area contributed by atoms with Crippen LogP contribution in [0.4, 0.5) is 0 Å². The second-order valence-corrected chi connectivity index (χ2v) is 3.35. The van der Waals surface area contributed by atoms with E-state index in [1.807, 2.05) is 0 Å². The summed E-state index contributed by atoms with van der Waals surface area (Å²) in [6.45, 7) is 0.841. The second-order valence-electron chi connectivity index (χ2n) is 1.19. The van der Waals surface area contributed by atoms with Crippen LogP contribution in [0.2, 0.25) is 0 Å². The molecule has 0 heterocycles. The lowest BCUT2D eigenvalue weighted by molar-refractivity contribution is 0.101. The Bertz CT molecular complexity index is 51.3. The first-order valence-corrected chi connectivity index (χ1v) is 3.59. The number of hydrogen-bond donors (Lipinski definition) is 1. The van der Waals surface area contributed by atoms with Crippen LogP contribution in [0.5, 0.6) is 0 Å². The Morgan fingerprint density at radius 2 is 2.38 bits per heavy atom. The molecule has 0 aromatic heterocycles. The molecule has 0 aromatic carbocycles. The normalized spacial score (nSPS) is 13.9. The summed E-state index contributed by atoms with van der Waals surface area (Å²) in [6.07, 6.45) is 0. The summed E-state index contributed by atoms with van der Waals surface area (Å²) in [4.78, 5) is 0. The Labute approximate surface area is 61.9 Å². The van der Waals surface area contributed by atoms with Gasteiger partial charge in [0.1, 0.15) is 4.29 Å². The van der Waals surface area contributed by atoms with Crippen molar-refractivity contribution in [3.63, 3.8) is 0 Å². The topological polar surface area (TPSA) is 29.5 Å². The Hall–Kier alpha value is 0.690. The molecule has 1 atom stereocenters. The van der Waals surface area contributed by atoms with Gasteiger partial charge >= 0.3 is 0 Å². The van der Waals surface area contributed by atoms with Crippen molar-refractivity contribution in [1.82, 2.24) is 0 Å². The molecule has 1 unspecified atom stereocenters. The summed E-state index contributed by atoms with van der Waals surface area (Å²) in [5.74, 6) is 0. The van der Waals surface area contributed by atoms with E-state index in [0.717, 1.165) is 0 Å². The summed E-state index contributed by atoms with van der Waals surface area (Å²) in [5, 5.41) is 8.20. The summed E-state index contributed by atoms with van der Waals surface area (Å²) in [7, 11) is 0. The lowest BCUT2D eigenvalue weighted by Crippen LogP contribution is -2.05. The average Bonchev–Trinajstić information content (AvgIpc) is 1.66. The molecule has 0 spiro atoms. The van der Waals surface area contributed by atoms with Crippen LogP contribution in [0.1, 0.15) is 0 Å². The highest BCUT2D eigenvalue weighted by Crippen LogP contribution is 2.03. The van der Waals surface area contributed by atoms with E-state index in [0.29, 0.717) is 13.2 Å². The standard InChI is InChI=1S/C4H8BrClO2/c5-4(6)3-8-2-1-7/h4,7H,1-3H2. The molecular formula is C4H8BrClO2. The highest BCUT2D eigenvalue weighted by atomic mass is 79.9. The van der Waals surface area contributed by atoms with E-state index in [2.05, 4.69) is 15.9 Å². The molecule has 0 saturated heterocycles. The van der Waals surface area contributed by atoms with Crippen molar-refractivity contribution < 1.29 is 9.84 Å². The van der Waals surface area contributed by atoms with Crippen molar-refractivity contribution in [1.29, 1.82) is 0 Å². The first-order chi connectivity index (χ1) is 3.77. The summed E-state index contributed by atoms with van der Waals surface area (Å²) in [6, 6.07) is 0. The van der Waals surface area contributed by atoms with Crippen LogP contribution >= 0.6 is 27.5 Å². The molecule has 2 nitrogen and oxygen atoms in total. The van der Waals surface area contributed by atoms with Gasteiger partial charge in [-0.05, 0) is 0 Å². The molecule has 4 heteroatoms. The van der Waals surface area contributed by atoms with Gasteiger partial charge in [-0.3, -0.25) is 0 Å². The molecule has 0 aliphatic heterocycles. The third kappa shape index (κ3) is 6.69. The summed E-state index contributed by atoms with van der Waals surface area (Å²) in [5.41, 5.74) is 0. The van der Waals surface area contributed by atoms with Crippen LogP contribution in [-0.4, -0.2) is 29.2 Å². The maximum absolute atomic E-state index is 8.20. The molecule has 0 amide bonds. The fourth-order valence-electron chi connectivity index (χ4n) is 0.237. The Morgan fingerprint density at radius 3 is 2.75 bits per heavy atom. The minimum atomic E-state index is -0.144. The number of rotatable bonds is 4. The number of hydrogen-bond acceptors (Lipinski definition) is 2. The largest absolute Gasteiger partial charge is 0.394 e. The van der Waals surface area contributed by atoms with Gasteiger partial charge in [-0.15, -0.1) is 11.6 Å². The van der Waals surface area contributed by atoms with Gasteiger partial charge in [-0.1, -0.05) is 15.9 Å². The van der Waals surface area contributed by atoms with Gasteiger partial charge in [-0.2, -0.15) is 0 Å². The molecule has 1 N–H and O–H groups in total. The van der Waals surface area contributed by atoms with E-state index < -0.39 is 0 Å². The minimum Gasteiger partial charge on any atom is -0.394 e. The fourth-order valence-corrected chi connectivity index (χ4v) is 0.513. The highest BCUT2D eigenvalue weighted by molar-refractivity contribution is 9.10. The van der Waals surface area contributed by atoms with E-state index in [4.69, 9.17) is 21.4 Å². The van der Waals surface area contributed by atoms with Crippen molar-refractivity contribution in [2.45, 2.75) is 4.29 Å². The fraction of sp³-hybridized carbons (Fsp3) is 1.00. The highest BCUT2D eigenvalue weighted by Gasteiger charge is 1.94. The lowest BCUT2D eigenvalue weighted by Gasteiger charge is -1.99. The van der Waals surface area contributed by atoms with Crippen molar-refractivity contribution in [3.05, 3.63) is 0 Å². The first-order valence-electron chi connectivity index (χ1n) is 2.24. The smallest absolute Gasteiger partial charge is 0.112 e. The van der Waals surface area contributed by atoms with Gasteiger partial charge in [0.15, 0.2) is 0 Å². The SMILES string of the molecule is OCCOCC(Cl)Br. The van der Waals surface area contributed by atoms with Crippen LogP contribution in [0, 0.1) is 0 Å². The monoisotopic (exact) mass is 202 g/mol. The number of aliphatic hydroxyl groups excluding tert-OH is 1. The molecule has 0 aromatic rings. The van der Waals surface area contributed by atoms with Gasteiger partial charge in [0.2, 0.25) is 0 Å². The molecule has 0 saturated carbocycles. The average molecular weight is 203 g/mol. The number of halogens is 2. The zero-order chi connectivity index (χ0) is 6.41. The van der Waals surface area contributed by atoms with Gasteiger partial charge in [0.25, 0.3) is 0 Å². The summed E-state index contributed by atoms with van der Waals surface area (Å²) >= 11 is 8.49. The Kier molecular flexibility index (Phi) is 6.32. The maximum Gasteiger partial charge on any atom is 0.112 e. The number of ether oxygens (including phenoxy) is 1. The zero-order valence-corrected chi connectivity index (χ0v) is 6.65. The van der Waals surface area contributed by atoms with Gasteiger partial charge in [-0.25, -0.2) is 0 Å². The molecule has 8 heavy (non-hydrogen) atoms. The minimum absolute atomic E-state index is 0.0522. The van der Waals surface area contributed by atoms with Crippen molar-refractivity contribution in [2.75, 3.05) is 19.8 Å². The van der Waals surface area contributed by atoms with E-state index >= 15 is 0 Å². The Morgan fingerprint density at radius 1 is 1.75 bits per heavy atom. The number of alkyl halides is 2. The van der Waals surface area contributed by atoms with Gasteiger partial charge < -0.3 is 9.84 Å². The lowest BCUT2D eigenvalue weighted by atomic mass is 10.7. The van der Waals surface area contributed by atoms with E-state index in [-0.39, 0.29) is 10.9 Å². The van der Waals surface area contributed by atoms with Gasteiger partial charge in [0.05, 0.1) is 19.8 Å². The van der Waals surface area contributed by atoms with Crippen molar-refractivity contribution in [2.24, 2.45) is 0 Å². The second kappa shape index (κ2) is 5.82. The van der Waals surface area contributed by atoms with E-state index in [9.17, 15) is 0 Å². The van der Waals surface area contributed by atoms with E-state index in [1.54, 1.807) is 0 Å². The van der Waals surface area contributed by atoms with Crippen LogP contribution in [0.15, 0.2) is 0 Å². The third-order valence-electron chi connectivity index (χ3n) is 0.479. The molecule has 0 fully saturated rings. The van der Waals surface area contributed by atoms with Crippen LogP contribution < -0.4 is 0 Å². The predicted molar refractivity (Wildman–Crippen MR) is 36.5 cm³/mol. The quantitative estimate of drug-likeness (QED) is 0.545. The molecule has 0 rings (SSSR count). The van der Waals surface area contributed by atoms with Crippen molar-refractivity contribution >= 4 is 27.5 Å². The first kappa shape index (κ1) is 8.69. The van der Waals surface area contributed by atoms with Crippen LogP contribution in [0.25, 0.3) is 0 Å². The van der Waals surface area contributed by atoms with Gasteiger partial charge in [0, 0.05) is 0 Å².